The summed E-state index contributed by atoms with van der Waals surface area (Å²) in [6.07, 6.45) is 9.55. The van der Waals surface area contributed by atoms with Crippen molar-refractivity contribution in [2.45, 2.75) is 112 Å². The second-order valence-corrected chi connectivity index (χ2v) is 12.2. The number of rotatable bonds is 3. The summed E-state index contributed by atoms with van der Waals surface area (Å²) in [6.45, 7) is 14.1. The van der Waals surface area contributed by atoms with E-state index >= 15 is 0 Å². The van der Waals surface area contributed by atoms with Crippen LogP contribution in [0.2, 0.25) is 0 Å². The minimum Gasteiger partial charge on any atom is -0.466 e. The molecule has 0 bridgehead atoms. The number of ether oxygens (including phenoxy) is 1. The Hall–Kier alpha value is -1.73. The molecule has 2 rings (SSSR count). The number of nitrogens with two attached hydrogens (primary N) is 1. The van der Waals surface area contributed by atoms with Crippen molar-refractivity contribution in [3.63, 3.8) is 0 Å². The van der Waals surface area contributed by atoms with Gasteiger partial charge in [-0.2, -0.15) is 0 Å². The largest absolute Gasteiger partial charge is 0.466 e. The number of aliphatic hydroxyl groups excluding tert-OH is 1. The number of nitrogens with zero attached hydrogens (tertiary/aromatic N) is 1. The predicted octanol–water partition coefficient (Wildman–Crippen LogP) is 6.69. The lowest BCUT2D eigenvalue weighted by molar-refractivity contribution is -0.150. The van der Waals surface area contributed by atoms with Crippen LogP contribution in [0.25, 0.3) is 6.08 Å². The Morgan fingerprint density at radius 3 is 2.50 bits per heavy atom. The maximum Gasteiger partial charge on any atom is 0.308 e. The van der Waals surface area contributed by atoms with Crippen LogP contribution in [-0.4, -0.2) is 34.6 Å². The first kappa shape index (κ1) is 32.3. The van der Waals surface area contributed by atoms with E-state index in [2.05, 4.69) is 18.8 Å². The first-order chi connectivity index (χ1) is 16.9. The van der Waals surface area contributed by atoms with Crippen LogP contribution in [0.3, 0.4) is 0 Å². The molecule has 0 aliphatic carbocycles. The lowest BCUT2D eigenvalue weighted by Gasteiger charge is -2.32. The van der Waals surface area contributed by atoms with Crippen molar-refractivity contribution in [3.05, 3.63) is 21.8 Å². The zero-order chi connectivity index (χ0) is 27.3. The van der Waals surface area contributed by atoms with E-state index in [1.54, 1.807) is 25.2 Å². The fraction of sp³-hybridized carbons (Fsp3) is 0.759. The molecule has 0 radical (unpaired) electrons. The van der Waals surface area contributed by atoms with Gasteiger partial charge >= 0.3 is 5.97 Å². The average molecular weight is 523 g/mol. The lowest BCUT2D eigenvalue weighted by atomic mass is 9.74. The number of cyclic esters (lactones) is 1. The molecule has 0 saturated carbocycles. The summed E-state index contributed by atoms with van der Waals surface area (Å²) in [5, 5.41) is 13.5. The molecular formula is C29H50N2O4S. The van der Waals surface area contributed by atoms with Gasteiger partial charge in [0.1, 0.15) is 5.78 Å². The van der Waals surface area contributed by atoms with Crippen LogP contribution in [0.5, 0.6) is 0 Å². The Morgan fingerprint density at radius 1 is 1.25 bits per heavy atom. The number of hydrogen-bond acceptors (Lipinski definition) is 7. The molecule has 0 amide bonds. The first-order valence-corrected chi connectivity index (χ1v) is 14.5. The highest BCUT2D eigenvalue weighted by atomic mass is 32.1. The zero-order valence-corrected chi connectivity index (χ0v) is 24.5. The average Bonchev–Trinajstić information content (AvgIpc) is 3.19. The molecule has 1 saturated heterocycles. The smallest absolute Gasteiger partial charge is 0.308 e. The summed E-state index contributed by atoms with van der Waals surface area (Å²) in [7, 11) is 0. The molecule has 2 heterocycles. The Labute approximate surface area is 223 Å². The molecule has 1 fully saturated rings. The Balaban J connectivity index is 0.000000537. The van der Waals surface area contributed by atoms with Gasteiger partial charge in [0.25, 0.3) is 0 Å². The van der Waals surface area contributed by atoms with Gasteiger partial charge in [-0.05, 0) is 51.0 Å². The summed E-state index contributed by atoms with van der Waals surface area (Å²) >= 11 is 1.64. The van der Waals surface area contributed by atoms with E-state index in [-0.39, 0.29) is 18.1 Å². The van der Waals surface area contributed by atoms with Crippen LogP contribution in [0.4, 0.5) is 0 Å². The number of Topliss-reactive ketones (excluding diaryl/α,β-unsaturated/α-hetero) is 1. The number of aliphatic hydroxyl groups is 1. The van der Waals surface area contributed by atoms with Gasteiger partial charge in [-0.25, -0.2) is 4.98 Å². The predicted molar refractivity (Wildman–Crippen MR) is 149 cm³/mol. The molecule has 3 N–H and O–H groups in total. The van der Waals surface area contributed by atoms with Crippen LogP contribution in [0, 0.1) is 30.1 Å². The molecule has 0 aromatic carbocycles. The molecule has 1 aliphatic rings. The SMILES string of the molecule is C/C(N)=C/c1csc(C)n1.CCC[C@@H]1CCCOC(=O)C[C@H](O)C(C)(C)C(=O)[C@H](C)C[C@@H](C)CCC1. The van der Waals surface area contributed by atoms with Crippen molar-refractivity contribution in [2.24, 2.45) is 28.9 Å². The number of aryl methyl sites for hydroxylation is 1. The molecule has 0 unspecified atom stereocenters. The monoisotopic (exact) mass is 522 g/mol. The second kappa shape index (κ2) is 16.2. The standard InChI is InChI=1S/C22H40O4.C7H10N2S/c1-6-9-18-11-7-10-16(2)14-17(3)21(25)22(4,5)19(23)15-20(24)26-13-8-12-18;1-5(8)3-7-4-10-6(2)9-7/h16-19,23H,6-15H2,1-5H3;3-4H,8H2,1-2H3/b;5-3-/t16-,17+,18-,19-;/m0./s1. The number of carbonyl (C=O) groups excluding carboxylic acids is 2. The van der Waals surface area contributed by atoms with Gasteiger partial charge < -0.3 is 15.6 Å². The molecule has 6 nitrogen and oxygen atoms in total. The van der Waals surface area contributed by atoms with E-state index in [4.69, 9.17) is 10.5 Å². The van der Waals surface area contributed by atoms with Gasteiger partial charge in [-0.3, -0.25) is 9.59 Å². The normalized spacial score (nSPS) is 27.1. The van der Waals surface area contributed by atoms with Crippen molar-refractivity contribution in [3.8, 4) is 0 Å². The van der Waals surface area contributed by atoms with Crippen LogP contribution in [0.1, 0.15) is 110 Å². The third-order valence-electron chi connectivity index (χ3n) is 7.07. The third kappa shape index (κ3) is 12.0. The molecule has 36 heavy (non-hydrogen) atoms. The maximum atomic E-state index is 12.8. The quantitative estimate of drug-likeness (QED) is 0.429. The highest BCUT2D eigenvalue weighted by molar-refractivity contribution is 7.09. The number of ketones is 1. The Bertz CT molecular complexity index is 829. The van der Waals surface area contributed by atoms with E-state index in [0.717, 1.165) is 42.1 Å². The van der Waals surface area contributed by atoms with Crippen LogP contribution in [-0.2, 0) is 14.3 Å². The third-order valence-corrected chi connectivity index (χ3v) is 7.86. The molecule has 1 aromatic heterocycles. The fourth-order valence-electron chi connectivity index (χ4n) is 4.93. The van der Waals surface area contributed by atoms with E-state index in [9.17, 15) is 14.7 Å². The molecule has 206 valence electrons. The molecule has 4 atom stereocenters. The molecule has 7 heteroatoms. The number of esters is 1. The minimum atomic E-state index is -0.999. The van der Waals surface area contributed by atoms with Gasteiger partial charge in [0.2, 0.25) is 0 Å². The van der Waals surface area contributed by atoms with Gasteiger partial charge in [0.05, 0.1) is 35.2 Å². The summed E-state index contributed by atoms with van der Waals surface area (Å²) in [5.74, 6) is 0.730. The zero-order valence-electron chi connectivity index (χ0n) is 23.6. The van der Waals surface area contributed by atoms with Crippen molar-refractivity contribution < 1.29 is 19.4 Å². The van der Waals surface area contributed by atoms with Crippen molar-refractivity contribution in [1.82, 2.24) is 4.98 Å². The molecular weight excluding hydrogens is 472 g/mol. The minimum absolute atomic E-state index is 0.0422. The van der Waals surface area contributed by atoms with E-state index in [1.807, 2.05) is 32.2 Å². The van der Waals surface area contributed by atoms with Crippen molar-refractivity contribution in [2.75, 3.05) is 6.61 Å². The summed E-state index contributed by atoms with van der Waals surface area (Å²) in [5.41, 5.74) is 6.29. The molecule has 1 aliphatic heterocycles. The van der Waals surface area contributed by atoms with Crippen LogP contribution in [0.15, 0.2) is 11.1 Å². The number of allylic oxidation sites excluding steroid dienone is 1. The first-order valence-electron chi connectivity index (χ1n) is 13.6. The lowest BCUT2D eigenvalue weighted by Crippen LogP contribution is -2.42. The van der Waals surface area contributed by atoms with Crippen LogP contribution < -0.4 is 5.73 Å². The summed E-state index contributed by atoms with van der Waals surface area (Å²) in [4.78, 5) is 29.1. The number of carbonyl (C=O) groups is 2. The highest BCUT2D eigenvalue weighted by Gasteiger charge is 2.39. The number of thiazole rings is 1. The summed E-state index contributed by atoms with van der Waals surface area (Å²) < 4.78 is 5.30. The Kier molecular flexibility index (Phi) is 14.5. The maximum absolute atomic E-state index is 12.8. The van der Waals surface area contributed by atoms with E-state index < -0.39 is 17.5 Å². The van der Waals surface area contributed by atoms with E-state index in [1.165, 1.54) is 25.7 Å². The van der Waals surface area contributed by atoms with Crippen molar-refractivity contribution >= 4 is 29.2 Å². The van der Waals surface area contributed by atoms with Gasteiger partial charge in [-0.1, -0.05) is 66.7 Å². The van der Waals surface area contributed by atoms with Gasteiger partial charge in [0.15, 0.2) is 0 Å². The van der Waals surface area contributed by atoms with Gasteiger partial charge in [0, 0.05) is 17.0 Å². The fourth-order valence-corrected chi connectivity index (χ4v) is 5.50. The second-order valence-electron chi connectivity index (χ2n) is 11.2. The molecule has 0 spiro atoms. The number of hydrogen-bond donors (Lipinski definition) is 2. The summed E-state index contributed by atoms with van der Waals surface area (Å²) in [6, 6.07) is 0. The van der Waals surface area contributed by atoms with E-state index in [0.29, 0.717) is 18.4 Å². The Morgan fingerprint density at radius 2 is 1.92 bits per heavy atom. The van der Waals surface area contributed by atoms with Crippen LogP contribution >= 0.6 is 11.3 Å². The van der Waals surface area contributed by atoms with Crippen molar-refractivity contribution in [1.29, 1.82) is 0 Å². The number of aromatic nitrogens is 1. The topological polar surface area (TPSA) is 103 Å². The highest BCUT2D eigenvalue weighted by Crippen LogP contribution is 2.32. The molecule has 1 aromatic rings. The van der Waals surface area contributed by atoms with Gasteiger partial charge in [-0.15, -0.1) is 11.3 Å².